The van der Waals surface area contributed by atoms with Gasteiger partial charge < -0.3 is 14.6 Å². The quantitative estimate of drug-likeness (QED) is 0.903. The van der Waals surface area contributed by atoms with E-state index in [1.165, 1.54) is 5.56 Å². The molecule has 2 heterocycles. The molecule has 2 aliphatic rings. The van der Waals surface area contributed by atoms with E-state index in [-0.39, 0.29) is 6.61 Å². The summed E-state index contributed by atoms with van der Waals surface area (Å²) in [6.07, 6.45) is 3.18. The van der Waals surface area contributed by atoms with Crippen molar-refractivity contribution in [3.05, 3.63) is 23.8 Å². The number of hydrogen-bond acceptors (Lipinski definition) is 4. The number of aliphatic hydroxyl groups excluding tert-OH is 1. The van der Waals surface area contributed by atoms with Crippen LogP contribution in [0.3, 0.4) is 0 Å². The molecule has 0 aromatic heterocycles. The fourth-order valence-electron chi connectivity index (χ4n) is 2.91. The summed E-state index contributed by atoms with van der Waals surface area (Å²) < 4.78 is 11.6. The van der Waals surface area contributed by atoms with Crippen LogP contribution < -0.4 is 9.47 Å². The topological polar surface area (TPSA) is 41.9 Å². The highest BCUT2D eigenvalue weighted by atomic mass is 16.5. The van der Waals surface area contributed by atoms with Gasteiger partial charge in [0.25, 0.3) is 0 Å². The lowest BCUT2D eigenvalue weighted by atomic mass is 10.1. The molecular weight excluding hydrogens is 242 g/mol. The minimum Gasteiger partial charge on any atom is -0.490 e. The second kappa shape index (κ2) is 5.80. The molecule has 1 aromatic carbocycles. The van der Waals surface area contributed by atoms with Gasteiger partial charge in [-0.05, 0) is 25.5 Å². The number of para-hydroxylation sites is 1. The van der Waals surface area contributed by atoms with E-state index < -0.39 is 0 Å². The van der Waals surface area contributed by atoms with Gasteiger partial charge in [-0.15, -0.1) is 0 Å². The molecule has 3 rings (SSSR count). The first-order valence-corrected chi connectivity index (χ1v) is 7.11. The molecule has 0 radical (unpaired) electrons. The molecule has 19 heavy (non-hydrogen) atoms. The number of benzene rings is 1. The molecule has 0 unspecified atom stereocenters. The van der Waals surface area contributed by atoms with Crippen LogP contribution in [0.15, 0.2) is 18.2 Å². The van der Waals surface area contributed by atoms with Gasteiger partial charge in [-0.25, -0.2) is 0 Å². The maximum absolute atomic E-state index is 9.40. The lowest BCUT2D eigenvalue weighted by Gasteiger charge is -2.24. The van der Waals surface area contributed by atoms with Gasteiger partial charge >= 0.3 is 0 Å². The van der Waals surface area contributed by atoms with Gasteiger partial charge in [-0.1, -0.05) is 12.1 Å². The molecule has 1 atom stereocenters. The Morgan fingerprint density at radius 1 is 1.21 bits per heavy atom. The molecule has 1 aromatic rings. The van der Waals surface area contributed by atoms with E-state index in [9.17, 15) is 5.11 Å². The Morgan fingerprint density at radius 3 is 3.00 bits per heavy atom. The van der Waals surface area contributed by atoms with E-state index in [0.717, 1.165) is 50.5 Å². The molecule has 2 aliphatic heterocycles. The van der Waals surface area contributed by atoms with E-state index in [0.29, 0.717) is 12.6 Å². The predicted molar refractivity (Wildman–Crippen MR) is 72.6 cm³/mol. The van der Waals surface area contributed by atoms with Crippen LogP contribution in [0.25, 0.3) is 0 Å². The summed E-state index contributed by atoms with van der Waals surface area (Å²) in [5.41, 5.74) is 1.17. The number of aliphatic hydroxyl groups is 1. The van der Waals surface area contributed by atoms with E-state index in [2.05, 4.69) is 11.0 Å². The standard InChI is InChI=1S/C15H21NO3/c17-11-13-5-2-7-16(13)10-12-4-1-6-14-15(12)19-9-3-8-18-14/h1,4,6,13,17H,2-3,5,7-11H2/t13-/m1/s1. The van der Waals surface area contributed by atoms with Crippen molar-refractivity contribution in [3.8, 4) is 11.5 Å². The summed E-state index contributed by atoms with van der Waals surface area (Å²) in [6, 6.07) is 6.38. The Balaban J connectivity index is 1.81. The van der Waals surface area contributed by atoms with E-state index in [1.807, 2.05) is 12.1 Å². The summed E-state index contributed by atoms with van der Waals surface area (Å²) in [5.74, 6) is 1.75. The molecule has 0 amide bonds. The third-order valence-corrected chi connectivity index (χ3v) is 3.94. The average molecular weight is 263 g/mol. The Hall–Kier alpha value is -1.26. The first-order chi connectivity index (χ1) is 9.38. The zero-order chi connectivity index (χ0) is 13.1. The van der Waals surface area contributed by atoms with Crippen LogP contribution in [0.1, 0.15) is 24.8 Å². The summed E-state index contributed by atoms with van der Waals surface area (Å²) >= 11 is 0. The molecule has 4 heteroatoms. The highest BCUT2D eigenvalue weighted by Gasteiger charge is 2.25. The number of rotatable bonds is 3. The number of hydrogen-bond donors (Lipinski definition) is 1. The molecule has 0 saturated carbocycles. The zero-order valence-electron chi connectivity index (χ0n) is 11.2. The first kappa shape index (κ1) is 12.8. The first-order valence-electron chi connectivity index (χ1n) is 7.11. The van der Waals surface area contributed by atoms with Crippen molar-refractivity contribution in [2.45, 2.75) is 31.8 Å². The Morgan fingerprint density at radius 2 is 2.11 bits per heavy atom. The van der Waals surface area contributed by atoms with Crippen molar-refractivity contribution in [1.29, 1.82) is 0 Å². The molecule has 1 saturated heterocycles. The van der Waals surface area contributed by atoms with Crippen molar-refractivity contribution < 1.29 is 14.6 Å². The van der Waals surface area contributed by atoms with Crippen LogP contribution in [-0.4, -0.2) is 42.4 Å². The smallest absolute Gasteiger partial charge is 0.165 e. The molecule has 1 fully saturated rings. The molecule has 104 valence electrons. The fourth-order valence-corrected chi connectivity index (χ4v) is 2.91. The van der Waals surface area contributed by atoms with Gasteiger partial charge in [0.2, 0.25) is 0 Å². The van der Waals surface area contributed by atoms with E-state index in [1.54, 1.807) is 0 Å². The molecule has 0 bridgehead atoms. The molecular formula is C15H21NO3. The van der Waals surface area contributed by atoms with Gasteiger partial charge in [0.15, 0.2) is 11.5 Å². The lowest BCUT2D eigenvalue weighted by Crippen LogP contribution is -2.31. The highest BCUT2D eigenvalue weighted by Crippen LogP contribution is 2.34. The van der Waals surface area contributed by atoms with Crippen LogP contribution in [0, 0.1) is 0 Å². The zero-order valence-corrected chi connectivity index (χ0v) is 11.2. The third-order valence-electron chi connectivity index (χ3n) is 3.94. The van der Waals surface area contributed by atoms with Gasteiger partial charge in [0.1, 0.15) is 0 Å². The van der Waals surface area contributed by atoms with Crippen LogP contribution in [0.4, 0.5) is 0 Å². The third kappa shape index (κ3) is 2.69. The van der Waals surface area contributed by atoms with Crippen molar-refractivity contribution in [1.82, 2.24) is 4.90 Å². The minimum absolute atomic E-state index is 0.242. The van der Waals surface area contributed by atoms with Gasteiger partial charge in [-0.3, -0.25) is 4.90 Å². The van der Waals surface area contributed by atoms with Gasteiger partial charge in [0, 0.05) is 24.6 Å². The van der Waals surface area contributed by atoms with Crippen molar-refractivity contribution in [3.63, 3.8) is 0 Å². The molecule has 4 nitrogen and oxygen atoms in total. The fraction of sp³-hybridized carbons (Fsp3) is 0.600. The number of nitrogens with zero attached hydrogens (tertiary/aromatic N) is 1. The Kier molecular flexibility index (Phi) is 3.89. The van der Waals surface area contributed by atoms with Crippen LogP contribution in [-0.2, 0) is 6.54 Å². The van der Waals surface area contributed by atoms with E-state index in [4.69, 9.17) is 9.47 Å². The van der Waals surface area contributed by atoms with E-state index >= 15 is 0 Å². The monoisotopic (exact) mass is 263 g/mol. The summed E-state index contributed by atoms with van der Waals surface area (Å²) in [5, 5.41) is 9.40. The molecule has 1 N–H and O–H groups in total. The van der Waals surface area contributed by atoms with Crippen molar-refractivity contribution >= 4 is 0 Å². The van der Waals surface area contributed by atoms with Crippen molar-refractivity contribution in [2.24, 2.45) is 0 Å². The largest absolute Gasteiger partial charge is 0.490 e. The Labute approximate surface area is 113 Å². The number of likely N-dealkylation sites (tertiary alicyclic amines) is 1. The van der Waals surface area contributed by atoms with Gasteiger partial charge in [0.05, 0.1) is 19.8 Å². The average Bonchev–Trinajstić information content (AvgIpc) is 2.73. The lowest BCUT2D eigenvalue weighted by molar-refractivity contribution is 0.152. The summed E-state index contributed by atoms with van der Waals surface area (Å²) in [6.45, 7) is 3.56. The predicted octanol–water partition coefficient (Wildman–Crippen LogP) is 1.80. The maximum Gasteiger partial charge on any atom is 0.165 e. The second-order valence-electron chi connectivity index (χ2n) is 5.24. The van der Waals surface area contributed by atoms with Crippen molar-refractivity contribution in [2.75, 3.05) is 26.4 Å². The summed E-state index contributed by atoms with van der Waals surface area (Å²) in [4.78, 5) is 2.34. The Bertz CT molecular complexity index is 435. The van der Waals surface area contributed by atoms with Crippen LogP contribution in [0.5, 0.6) is 11.5 Å². The maximum atomic E-state index is 9.40. The number of fused-ring (bicyclic) bond motifs is 1. The summed E-state index contributed by atoms with van der Waals surface area (Å²) in [7, 11) is 0. The normalized spacial score (nSPS) is 23.3. The number of ether oxygens (including phenoxy) is 2. The highest BCUT2D eigenvalue weighted by molar-refractivity contribution is 5.47. The van der Waals surface area contributed by atoms with Crippen LogP contribution in [0.2, 0.25) is 0 Å². The second-order valence-corrected chi connectivity index (χ2v) is 5.24. The molecule has 0 spiro atoms. The molecule has 0 aliphatic carbocycles. The van der Waals surface area contributed by atoms with Gasteiger partial charge in [-0.2, -0.15) is 0 Å². The van der Waals surface area contributed by atoms with Crippen LogP contribution >= 0.6 is 0 Å². The minimum atomic E-state index is 0.242. The SMILES string of the molecule is OC[C@H]1CCCN1Cc1cccc2c1OCCCO2.